The summed E-state index contributed by atoms with van der Waals surface area (Å²) in [6.45, 7) is 6.43. The molecule has 0 radical (unpaired) electrons. The van der Waals surface area contributed by atoms with E-state index in [0.717, 1.165) is 6.42 Å². The van der Waals surface area contributed by atoms with Gasteiger partial charge in [0.05, 0.1) is 5.75 Å². The molecule has 4 heteroatoms. The predicted molar refractivity (Wildman–Crippen MR) is 56.4 cm³/mol. The molecule has 80 valence electrons. The summed E-state index contributed by atoms with van der Waals surface area (Å²) in [6.07, 6.45) is 1.59. The summed E-state index contributed by atoms with van der Waals surface area (Å²) in [5.74, 6) is 0.530. The van der Waals surface area contributed by atoms with Crippen LogP contribution in [0.2, 0.25) is 0 Å². The highest BCUT2D eigenvalue weighted by molar-refractivity contribution is 7.91. The molecule has 0 amide bonds. The molecule has 3 nitrogen and oxygen atoms in total. The average Bonchev–Trinajstić information content (AvgIpc) is 2.02. The van der Waals surface area contributed by atoms with Crippen molar-refractivity contribution in [3.63, 3.8) is 0 Å². The van der Waals surface area contributed by atoms with E-state index in [4.69, 9.17) is 5.73 Å². The van der Waals surface area contributed by atoms with Gasteiger partial charge < -0.3 is 5.73 Å². The molecule has 0 aliphatic heterocycles. The number of rotatable bonds is 6. The van der Waals surface area contributed by atoms with Crippen molar-refractivity contribution in [2.75, 3.05) is 18.1 Å². The molecule has 0 rings (SSSR count). The van der Waals surface area contributed by atoms with E-state index < -0.39 is 9.84 Å². The van der Waals surface area contributed by atoms with Gasteiger partial charge in [0, 0.05) is 5.75 Å². The second kappa shape index (κ2) is 4.96. The van der Waals surface area contributed by atoms with Crippen LogP contribution in [0, 0.1) is 5.41 Å². The Labute approximate surface area is 81.6 Å². The van der Waals surface area contributed by atoms with E-state index in [1.165, 1.54) is 0 Å². The van der Waals surface area contributed by atoms with Crippen LogP contribution in [0.5, 0.6) is 0 Å². The molecule has 0 aromatic carbocycles. The first-order valence-electron chi connectivity index (χ1n) is 4.73. The third-order valence-electron chi connectivity index (χ3n) is 2.35. The van der Waals surface area contributed by atoms with Gasteiger partial charge in [-0.2, -0.15) is 0 Å². The van der Waals surface area contributed by atoms with Crippen molar-refractivity contribution in [3.8, 4) is 0 Å². The Hall–Kier alpha value is -0.0900. The Morgan fingerprint density at radius 1 is 1.23 bits per heavy atom. The van der Waals surface area contributed by atoms with Crippen molar-refractivity contribution < 1.29 is 8.42 Å². The van der Waals surface area contributed by atoms with E-state index in [1.807, 2.05) is 0 Å². The molecule has 0 fully saturated rings. The molecular formula is C9H21NO2S. The van der Waals surface area contributed by atoms with Gasteiger partial charge in [0.25, 0.3) is 0 Å². The third kappa shape index (κ3) is 6.05. The lowest BCUT2D eigenvalue weighted by Gasteiger charge is -2.23. The lowest BCUT2D eigenvalue weighted by atomic mass is 9.87. The highest BCUT2D eigenvalue weighted by atomic mass is 32.2. The number of sulfone groups is 1. The van der Waals surface area contributed by atoms with Gasteiger partial charge in [0.15, 0.2) is 0 Å². The second-order valence-corrected chi connectivity index (χ2v) is 6.66. The molecule has 13 heavy (non-hydrogen) atoms. The fourth-order valence-corrected chi connectivity index (χ4v) is 2.24. The maximum atomic E-state index is 11.2. The molecule has 0 bridgehead atoms. The van der Waals surface area contributed by atoms with Crippen LogP contribution in [0.4, 0.5) is 0 Å². The van der Waals surface area contributed by atoms with Crippen molar-refractivity contribution in [2.45, 2.75) is 33.6 Å². The number of hydrogen-bond acceptors (Lipinski definition) is 3. The van der Waals surface area contributed by atoms with Crippen LogP contribution in [-0.2, 0) is 9.84 Å². The first-order chi connectivity index (χ1) is 5.83. The minimum absolute atomic E-state index is 0.0526. The SMILES string of the molecule is CCS(=O)(=O)CCC(C)(C)CCN. The van der Waals surface area contributed by atoms with Crippen molar-refractivity contribution in [3.05, 3.63) is 0 Å². The Balaban J connectivity index is 4.01. The number of hydrogen-bond donors (Lipinski definition) is 1. The van der Waals surface area contributed by atoms with E-state index in [9.17, 15) is 8.42 Å². The molecule has 0 spiro atoms. The van der Waals surface area contributed by atoms with E-state index in [2.05, 4.69) is 13.8 Å². The topological polar surface area (TPSA) is 60.2 Å². The summed E-state index contributed by atoms with van der Waals surface area (Å²) in [4.78, 5) is 0. The summed E-state index contributed by atoms with van der Waals surface area (Å²) in [7, 11) is -2.81. The maximum Gasteiger partial charge on any atom is 0.150 e. The van der Waals surface area contributed by atoms with Gasteiger partial charge in [-0.25, -0.2) is 8.42 Å². The number of nitrogens with two attached hydrogens (primary N) is 1. The zero-order valence-corrected chi connectivity index (χ0v) is 9.65. The van der Waals surface area contributed by atoms with Gasteiger partial charge in [0.2, 0.25) is 0 Å². The molecule has 0 heterocycles. The van der Waals surface area contributed by atoms with Crippen molar-refractivity contribution in [1.82, 2.24) is 0 Å². The maximum absolute atomic E-state index is 11.2. The molecule has 2 N–H and O–H groups in total. The first kappa shape index (κ1) is 12.9. The van der Waals surface area contributed by atoms with Crippen LogP contribution in [-0.4, -0.2) is 26.5 Å². The largest absolute Gasteiger partial charge is 0.330 e. The van der Waals surface area contributed by atoms with Crippen molar-refractivity contribution in [2.24, 2.45) is 11.1 Å². The Morgan fingerprint density at radius 2 is 1.77 bits per heavy atom. The molecule has 0 atom stereocenters. The van der Waals surface area contributed by atoms with Crippen molar-refractivity contribution >= 4 is 9.84 Å². The summed E-state index contributed by atoms with van der Waals surface area (Å²) >= 11 is 0. The van der Waals surface area contributed by atoms with Crippen molar-refractivity contribution in [1.29, 1.82) is 0 Å². The quantitative estimate of drug-likeness (QED) is 0.711. The summed E-state index contributed by atoms with van der Waals surface area (Å²) < 4.78 is 22.4. The Morgan fingerprint density at radius 3 is 2.15 bits per heavy atom. The van der Waals surface area contributed by atoms with Gasteiger partial charge in [0.1, 0.15) is 9.84 Å². The van der Waals surface area contributed by atoms with Gasteiger partial charge in [-0.3, -0.25) is 0 Å². The van der Waals surface area contributed by atoms with Crippen LogP contribution >= 0.6 is 0 Å². The monoisotopic (exact) mass is 207 g/mol. The zero-order chi connectivity index (χ0) is 10.5. The van der Waals surface area contributed by atoms with Gasteiger partial charge in [-0.15, -0.1) is 0 Å². The van der Waals surface area contributed by atoms with Gasteiger partial charge in [-0.05, 0) is 24.8 Å². The van der Waals surface area contributed by atoms with E-state index in [0.29, 0.717) is 13.0 Å². The normalized spacial score (nSPS) is 13.2. The summed E-state index contributed by atoms with van der Waals surface area (Å²) in [5, 5.41) is 0. The van der Waals surface area contributed by atoms with Crippen LogP contribution in [0.1, 0.15) is 33.6 Å². The fourth-order valence-electron chi connectivity index (χ4n) is 1.09. The second-order valence-electron chi connectivity index (χ2n) is 4.19. The highest BCUT2D eigenvalue weighted by Crippen LogP contribution is 2.24. The lowest BCUT2D eigenvalue weighted by molar-refractivity contribution is 0.328. The molecular weight excluding hydrogens is 186 g/mol. The standard InChI is InChI=1S/C9H21NO2S/c1-4-13(11,12)8-6-9(2,3)5-7-10/h4-8,10H2,1-3H3. The molecule has 0 saturated heterocycles. The fraction of sp³-hybridized carbons (Fsp3) is 1.00. The predicted octanol–water partition coefficient (Wildman–Crippen LogP) is 1.19. The molecule has 0 aliphatic carbocycles. The summed E-state index contributed by atoms with van der Waals surface area (Å²) in [5.41, 5.74) is 5.49. The molecule has 0 aromatic heterocycles. The lowest BCUT2D eigenvalue weighted by Crippen LogP contribution is -2.21. The van der Waals surface area contributed by atoms with Gasteiger partial charge >= 0.3 is 0 Å². The van der Waals surface area contributed by atoms with E-state index >= 15 is 0 Å². The van der Waals surface area contributed by atoms with E-state index in [1.54, 1.807) is 6.92 Å². The van der Waals surface area contributed by atoms with Crippen LogP contribution in [0.3, 0.4) is 0 Å². The molecule has 0 aliphatic rings. The van der Waals surface area contributed by atoms with Gasteiger partial charge in [-0.1, -0.05) is 20.8 Å². The third-order valence-corrected chi connectivity index (χ3v) is 4.06. The Bertz CT molecular complexity index is 232. The molecule has 0 saturated carbocycles. The average molecular weight is 207 g/mol. The van der Waals surface area contributed by atoms with Crippen LogP contribution in [0.15, 0.2) is 0 Å². The minimum atomic E-state index is -2.81. The van der Waals surface area contributed by atoms with Crippen LogP contribution in [0.25, 0.3) is 0 Å². The smallest absolute Gasteiger partial charge is 0.150 e. The zero-order valence-electron chi connectivity index (χ0n) is 8.84. The first-order valence-corrected chi connectivity index (χ1v) is 6.55. The molecule has 0 unspecified atom stereocenters. The highest BCUT2D eigenvalue weighted by Gasteiger charge is 2.19. The molecule has 0 aromatic rings. The van der Waals surface area contributed by atoms with E-state index in [-0.39, 0.29) is 16.9 Å². The Kier molecular flexibility index (Phi) is 4.92. The van der Waals surface area contributed by atoms with Crippen LogP contribution < -0.4 is 5.73 Å². The minimum Gasteiger partial charge on any atom is -0.330 e. The summed E-state index contributed by atoms with van der Waals surface area (Å²) in [6, 6.07) is 0.